The Morgan fingerprint density at radius 3 is 2.68 bits per heavy atom. The average molecular weight is 411 g/mol. The van der Waals surface area contributed by atoms with Crippen LogP contribution in [0.1, 0.15) is 37.9 Å². The van der Waals surface area contributed by atoms with Crippen molar-refractivity contribution in [3.8, 4) is 5.75 Å². The van der Waals surface area contributed by atoms with E-state index >= 15 is 0 Å². The van der Waals surface area contributed by atoms with Crippen LogP contribution >= 0.6 is 0 Å². The Morgan fingerprint density at radius 2 is 2.07 bits per heavy atom. The second-order valence-corrected chi connectivity index (χ2v) is 9.41. The minimum atomic E-state index is -3.66. The normalized spacial score (nSPS) is 24.8. The van der Waals surface area contributed by atoms with Gasteiger partial charge in [-0.25, -0.2) is 0 Å². The van der Waals surface area contributed by atoms with Gasteiger partial charge in [0.15, 0.2) is 0 Å². The molecule has 7 nitrogen and oxygen atoms in total. The van der Waals surface area contributed by atoms with Gasteiger partial charge in [-0.15, -0.1) is 0 Å². The zero-order chi connectivity index (χ0) is 20.5. The summed E-state index contributed by atoms with van der Waals surface area (Å²) in [7, 11) is -1.95. The maximum Gasteiger partial charge on any atom is 0.264 e. The molecule has 8 heteroatoms. The molecule has 1 fully saturated rings. The van der Waals surface area contributed by atoms with Crippen molar-refractivity contribution in [1.82, 2.24) is 9.88 Å². The van der Waals surface area contributed by atoms with Gasteiger partial charge in [-0.2, -0.15) is 8.42 Å². The molecule has 0 radical (unpaired) electrons. The molecule has 2 atom stereocenters. The summed E-state index contributed by atoms with van der Waals surface area (Å²) in [5.41, 5.74) is 3.82. The van der Waals surface area contributed by atoms with Crippen molar-refractivity contribution in [2.24, 2.45) is 5.92 Å². The number of ether oxygens (including phenoxy) is 1. The van der Waals surface area contributed by atoms with E-state index in [0.29, 0.717) is 5.92 Å². The van der Waals surface area contributed by atoms with Gasteiger partial charge in [-0.3, -0.25) is 9.45 Å². The van der Waals surface area contributed by atoms with E-state index in [-0.39, 0.29) is 17.9 Å². The van der Waals surface area contributed by atoms with Crippen LogP contribution in [0.25, 0.3) is 10.9 Å². The number of benzene rings is 1. The fraction of sp³-hybridized carbons (Fsp3) is 0.600. The molecule has 3 N–H and O–H groups in total. The number of methoxy groups -OCH3 is 1. The van der Waals surface area contributed by atoms with Crippen molar-refractivity contribution in [2.45, 2.75) is 38.6 Å². The third-order valence-electron chi connectivity index (χ3n) is 6.27. The lowest BCUT2D eigenvalue weighted by Crippen LogP contribution is -2.57. The zero-order valence-corrected chi connectivity index (χ0v) is 17.6. The highest BCUT2D eigenvalue weighted by molar-refractivity contribution is 7.85. The standard InChI is InChI=1S/C18H24N2O2.C2H6O3S/c1-18-12(11-21)4-3-8-20(18)9-7-14-15-10-13(22-2)5-6-16(15)19-17(14)18;1-2-6(3,4)5/h5-6,10,12,19,21H,3-4,7-9,11H2,1-2H3;2H2,1H3,(H,3,4,5)/t12-,18+;/m0./s1. The highest BCUT2D eigenvalue weighted by Gasteiger charge is 2.47. The Labute approximate surface area is 166 Å². The molecule has 2 aliphatic rings. The van der Waals surface area contributed by atoms with E-state index in [9.17, 15) is 13.5 Å². The van der Waals surface area contributed by atoms with Gasteiger partial charge in [0.1, 0.15) is 5.75 Å². The van der Waals surface area contributed by atoms with Crippen LogP contribution in [0.2, 0.25) is 0 Å². The number of hydrogen-bond donors (Lipinski definition) is 3. The summed E-state index contributed by atoms with van der Waals surface area (Å²) in [5.74, 6) is 1.01. The molecule has 156 valence electrons. The number of aromatic nitrogens is 1. The SMILES string of the molecule is CCS(=O)(=O)O.COc1ccc2[nH]c3c(c2c1)CCN1CCC[C@@H](CO)[C@]31C. The fourth-order valence-corrected chi connectivity index (χ4v) is 4.57. The predicted molar refractivity (Wildman–Crippen MR) is 109 cm³/mol. The van der Waals surface area contributed by atoms with Gasteiger partial charge in [0.05, 0.1) is 18.4 Å². The number of aliphatic hydroxyl groups is 1. The Morgan fingerprint density at radius 1 is 1.36 bits per heavy atom. The molecule has 3 heterocycles. The highest BCUT2D eigenvalue weighted by atomic mass is 32.2. The molecule has 1 aromatic heterocycles. The van der Waals surface area contributed by atoms with Crippen LogP contribution in [0.3, 0.4) is 0 Å². The molecule has 2 aromatic rings. The number of nitrogens with one attached hydrogen (secondary N) is 1. The summed E-state index contributed by atoms with van der Waals surface area (Å²) in [4.78, 5) is 6.22. The number of nitrogens with zero attached hydrogens (tertiary/aromatic N) is 1. The second-order valence-electron chi connectivity index (χ2n) is 7.67. The second kappa shape index (κ2) is 8.02. The smallest absolute Gasteiger partial charge is 0.264 e. The summed E-state index contributed by atoms with van der Waals surface area (Å²) in [6.45, 7) is 6.13. The zero-order valence-electron chi connectivity index (χ0n) is 16.7. The van der Waals surface area contributed by atoms with Gasteiger partial charge < -0.3 is 14.8 Å². The van der Waals surface area contributed by atoms with Crippen LogP contribution in [0, 0.1) is 5.92 Å². The first-order chi connectivity index (χ1) is 13.2. The first kappa shape index (κ1) is 21.1. The van der Waals surface area contributed by atoms with Crippen molar-refractivity contribution < 1.29 is 22.8 Å². The van der Waals surface area contributed by atoms with Gasteiger partial charge >= 0.3 is 0 Å². The molecule has 4 rings (SSSR count). The van der Waals surface area contributed by atoms with Crippen LogP contribution in [0.4, 0.5) is 0 Å². The first-order valence-electron chi connectivity index (χ1n) is 9.74. The molecular weight excluding hydrogens is 380 g/mol. The van der Waals surface area contributed by atoms with E-state index in [4.69, 9.17) is 9.29 Å². The summed E-state index contributed by atoms with van der Waals surface area (Å²) < 4.78 is 32.3. The lowest BCUT2D eigenvalue weighted by molar-refractivity contribution is -0.0303. The Bertz CT molecular complexity index is 939. The minimum Gasteiger partial charge on any atom is -0.497 e. The van der Waals surface area contributed by atoms with Crippen molar-refractivity contribution in [3.05, 3.63) is 29.5 Å². The van der Waals surface area contributed by atoms with E-state index in [1.165, 1.54) is 35.5 Å². The molecule has 0 bridgehead atoms. The van der Waals surface area contributed by atoms with Crippen molar-refractivity contribution in [1.29, 1.82) is 0 Å². The van der Waals surface area contributed by atoms with Crippen LogP contribution in [0.15, 0.2) is 18.2 Å². The molecule has 0 spiro atoms. The van der Waals surface area contributed by atoms with E-state index in [0.717, 1.165) is 31.7 Å². The van der Waals surface area contributed by atoms with E-state index < -0.39 is 10.1 Å². The molecule has 2 aliphatic heterocycles. The molecule has 0 saturated carbocycles. The molecule has 0 unspecified atom stereocenters. The Balaban J connectivity index is 0.000000330. The van der Waals surface area contributed by atoms with Crippen molar-refractivity contribution in [3.63, 3.8) is 0 Å². The van der Waals surface area contributed by atoms with Crippen molar-refractivity contribution >= 4 is 21.0 Å². The molecular formula is C20H30N2O5S. The van der Waals surface area contributed by atoms with Crippen LogP contribution < -0.4 is 4.74 Å². The quantitative estimate of drug-likeness (QED) is 0.672. The minimum absolute atomic E-state index is 0.0765. The third kappa shape index (κ3) is 3.78. The lowest BCUT2D eigenvalue weighted by atomic mass is 9.72. The molecule has 28 heavy (non-hydrogen) atoms. The Kier molecular flexibility index (Phi) is 6.05. The molecule has 0 aliphatic carbocycles. The average Bonchev–Trinajstić information content (AvgIpc) is 3.06. The summed E-state index contributed by atoms with van der Waals surface area (Å²) in [6.07, 6.45) is 3.35. The highest BCUT2D eigenvalue weighted by Crippen LogP contribution is 2.47. The van der Waals surface area contributed by atoms with Gasteiger partial charge in [-0.05, 0) is 63.4 Å². The molecule has 0 amide bonds. The summed E-state index contributed by atoms with van der Waals surface area (Å²) in [5, 5.41) is 11.2. The summed E-state index contributed by atoms with van der Waals surface area (Å²) in [6, 6.07) is 6.26. The van der Waals surface area contributed by atoms with Gasteiger partial charge in [0.25, 0.3) is 10.1 Å². The monoisotopic (exact) mass is 410 g/mol. The summed E-state index contributed by atoms with van der Waals surface area (Å²) >= 11 is 0. The van der Waals surface area contributed by atoms with Gasteiger partial charge in [0, 0.05) is 35.7 Å². The third-order valence-corrected chi connectivity index (χ3v) is 7.00. The number of aliphatic hydroxyl groups excluding tert-OH is 1. The molecule has 1 aromatic carbocycles. The van der Waals surface area contributed by atoms with E-state index in [2.05, 4.69) is 28.9 Å². The van der Waals surface area contributed by atoms with E-state index in [1.807, 2.05) is 6.07 Å². The predicted octanol–water partition coefficient (Wildman–Crippen LogP) is 2.55. The lowest BCUT2D eigenvalue weighted by Gasteiger charge is -2.52. The fourth-order valence-electron chi connectivity index (χ4n) is 4.57. The van der Waals surface area contributed by atoms with Crippen LogP contribution in [-0.4, -0.2) is 60.5 Å². The number of aromatic amines is 1. The number of rotatable bonds is 3. The topological polar surface area (TPSA) is 103 Å². The van der Waals surface area contributed by atoms with Gasteiger partial charge in [-0.1, -0.05) is 0 Å². The van der Waals surface area contributed by atoms with Crippen LogP contribution in [-0.2, 0) is 22.1 Å². The van der Waals surface area contributed by atoms with Gasteiger partial charge in [0.2, 0.25) is 0 Å². The van der Waals surface area contributed by atoms with Crippen LogP contribution in [0.5, 0.6) is 5.75 Å². The first-order valence-corrected chi connectivity index (χ1v) is 11.4. The number of piperidine rings is 1. The Hall–Kier alpha value is -1.61. The largest absolute Gasteiger partial charge is 0.497 e. The number of hydrogen-bond acceptors (Lipinski definition) is 5. The van der Waals surface area contributed by atoms with E-state index in [1.54, 1.807) is 7.11 Å². The number of H-pyrrole nitrogens is 1. The maximum atomic E-state index is 9.92. The number of fused-ring (bicyclic) bond motifs is 5. The molecule has 1 saturated heterocycles. The van der Waals surface area contributed by atoms with Crippen molar-refractivity contribution in [2.75, 3.05) is 32.6 Å². The maximum absolute atomic E-state index is 9.92.